The van der Waals surface area contributed by atoms with Crippen LogP contribution in [0.25, 0.3) is 6.08 Å². The van der Waals surface area contributed by atoms with Crippen molar-refractivity contribution >= 4 is 42.1 Å². The average molecular weight is 434 g/mol. The summed E-state index contributed by atoms with van der Waals surface area (Å²) in [6, 6.07) is 28.7. The minimum Gasteiger partial charge on any atom is -0.231 e. The van der Waals surface area contributed by atoms with Crippen molar-refractivity contribution in [1.82, 2.24) is 0 Å². The summed E-state index contributed by atoms with van der Waals surface area (Å²) in [5.41, 5.74) is 3.54. The van der Waals surface area contributed by atoms with Crippen molar-refractivity contribution in [3.8, 4) is 0 Å². The Balaban J connectivity index is 0.00000272. The second kappa shape index (κ2) is 9.75. The fourth-order valence-corrected chi connectivity index (χ4v) is 4.03. The molecule has 0 aromatic heterocycles. The molecule has 5 heteroatoms. The molecule has 0 heterocycles. The van der Waals surface area contributed by atoms with Crippen molar-refractivity contribution < 1.29 is 13.2 Å². The molecule has 0 saturated heterocycles. The SMILES string of the molecule is Fc1ccc([B-](C=Cc2ccccc2)(c2ccc(F)cc2)c2ccc(F)cc2)cc1.[SH3+]. The van der Waals surface area contributed by atoms with Gasteiger partial charge in [-0.05, 0) is 42.0 Å². The third-order valence-corrected chi connectivity index (χ3v) is 5.56. The molecule has 0 nitrogen and oxygen atoms in total. The molecule has 4 rings (SSSR count). The van der Waals surface area contributed by atoms with Gasteiger partial charge in [0, 0.05) is 0 Å². The van der Waals surface area contributed by atoms with Crippen molar-refractivity contribution in [2.45, 2.75) is 0 Å². The second-order valence-corrected chi connectivity index (χ2v) is 7.36. The molecular formula is C26H22BF3S. The molecule has 0 atom stereocenters. The Morgan fingerprint density at radius 3 is 1.19 bits per heavy atom. The number of rotatable bonds is 5. The van der Waals surface area contributed by atoms with Gasteiger partial charge in [0.05, 0.1) is 0 Å². The topological polar surface area (TPSA) is 0 Å². The van der Waals surface area contributed by atoms with E-state index in [4.69, 9.17) is 0 Å². The summed E-state index contributed by atoms with van der Waals surface area (Å²) >= 11 is 0. The van der Waals surface area contributed by atoms with Gasteiger partial charge in [-0.2, -0.15) is 16.4 Å². The average Bonchev–Trinajstić information content (AvgIpc) is 2.78. The van der Waals surface area contributed by atoms with Gasteiger partial charge in [0.25, 0.3) is 0 Å². The van der Waals surface area contributed by atoms with Crippen LogP contribution in [0.2, 0.25) is 0 Å². The Hall–Kier alpha value is -3.18. The Morgan fingerprint density at radius 1 is 0.484 bits per heavy atom. The van der Waals surface area contributed by atoms with E-state index in [9.17, 15) is 13.2 Å². The molecule has 0 aliphatic carbocycles. The number of hydrogen-bond acceptors (Lipinski definition) is 0. The highest BCUT2D eigenvalue weighted by Gasteiger charge is 2.27. The summed E-state index contributed by atoms with van der Waals surface area (Å²) in [5, 5.41) is 0. The molecule has 0 fully saturated rings. The fraction of sp³-hybridized carbons (Fsp3) is 0. The monoisotopic (exact) mass is 434 g/mol. The molecule has 156 valence electrons. The lowest BCUT2D eigenvalue weighted by atomic mass is 9.15. The highest BCUT2D eigenvalue weighted by atomic mass is 32.1. The highest BCUT2D eigenvalue weighted by Crippen LogP contribution is 2.14. The van der Waals surface area contributed by atoms with E-state index >= 15 is 0 Å². The second-order valence-electron chi connectivity index (χ2n) is 7.36. The molecule has 0 spiro atoms. The van der Waals surface area contributed by atoms with Gasteiger partial charge in [-0.1, -0.05) is 86.3 Å². The molecule has 0 amide bonds. The van der Waals surface area contributed by atoms with Crippen LogP contribution >= 0.6 is 0 Å². The van der Waals surface area contributed by atoms with Crippen LogP contribution in [0.1, 0.15) is 5.56 Å². The van der Waals surface area contributed by atoms with Gasteiger partial charge in [-0.25, -0.2) is 19.1 Å². The summed E-state index contributed by atoms with van der Waals surface area (Å²) in [7, 11) is 0. The van der Waals surface area contributed by atoms with Gasteiger partial charge < -0.3 is 0 Å². The molecule has 4 aromatic carbocycles. The van der Waals surface area contributed by atoms with E-state index in [1.165, 1.54) is 36.4 Å². The van der Waals surface area contributed by atoms with Crippen LogP contribution in [0, 0.1) is 17.5 Å². The van der Waals surface area contributed by atoms with Gasteiger partial charge in [0.2, 0.25) is 0 Å². The van der Waals surface area contributed by atoms with Crippen molar-refractivity contribution in [2.24, 2.45) is 0 Å². The molecule has 0 aliphatic rings. The zero-order valence-corrected chi connectivity index (χ0v) is 17.9. The van der Waals surface area contributed by atoms with E-state index in [2.05, 4.69) is 5.98 Å². The maximum absolute atomic E-state index is 13.7. The summed E-state index contributed by atoms with van der Waals surface area (Å²) in [6.07, 6.45) is 0.232. The van der Waals surface area contributed by atoms with Gasteiger partial charge in [0.15, 0.2) is 0 Å². The maximum Gasteiger partial charge on any atom is 0.122 e. The van der Waals surface area contributed by atoms with Crippen LogP contribution in [0.5, 0.6) is 0 Å². The van der Waals surface area contributed by atoms with E-state index in [0.717, 1.165) is 22.0 Å². The number of benzene rings is 4. The van der Waals surface area contributed by atoms with Crippen LogP contribution in [0.15, 0.2) is 109 Å². The molecule has 0 aliphatic heterocycles. The van der Waals surface area contributed by atoms with E-state index in [-0.39, 0.29) is 30.9 Å². The summed E-state index contributed by atoms with van der Waals surface area (Å²) in [4.78, 5) is 0. The third kappa shape index (κ3) is 4.78. The van der Waals surface area contributed by atoms with Crippen molar-refractivity contribution in [3.63, 3.8) is 0 Å². The predicted molar refractivity (Wildman–Crippen MR) is 131 cm³/mol. The lowest BCUT2D eigenvalue weighted by Gasteiger charge is -2.40. The minimum atomic E-state index is -1.76. The van der Waals surface area contributed by atoms with Gasteiger partial charge in [-0.15, -0.1) is 0 Å². The fourth-order valence-electron chi connectivity index (χ4n) is 4.03. The van der Waals surface area contributed by atoms with Gasteiger partial charge in [0.1, 0.15) is 23.6 Å². The molecule has 0 saturated carbocycles. The third-order valence-electron chi connectivity index (χ3n) is 5.56. The standard InChI is InChI=1S/C26H19BF3.H2S/c28-24-12-6-21(7-13-24)27(22-8-14-25(29)15-9-22,23-10-16-26(30)17-11-23)19-18-20-4-2-1-3-5-20;/h1-19H;1H2/q-1;/p+1. The Bertz CT molecular complexity index is 1030. The smallest absolute Gasteiger partial charge is 0.122 e. The summed E-state index contributed by atoms with van der Waals surface area (Å²) in [5.74, 6) is 1.04. The van der Waals surface area contributed by atoms with E-state index in [1.807, 2.05) is 36.4 Å². The van der Waals surface area contributed by atoms with Crippen molar-refractivity contribution in [1.29, 1.82) is 0 Å². The Kier molecular flexibility index (Phi) is 7.08. The predicted octanol–water partition coefficient (Wildman–Crippen LogP) is 4.02. The van der Waals surface area contributed by atoms with Gasteiger partial charge in [-0.3, -0.25) is 0 Å². The molecule has 0 bridgehead atoms. The van der Waals surface area contributed by atoms with Crippen LogP contribution in [0.4, 0.5) is 13.2 Å². The quantitative estimate of drug-likeness (QED) is 0.329. The van der Waals surface area contributed by atoms with Crippen molar-refractivity contribution in [2.75, 3.05) is 0 Å². The first-order chi connectivity index (χ1) is 14.6. The first-order valence-electron chi connectivity index (χ1n) is 9.76. The van der Waals surface area contributed by atoms with Crippen LogP contribution in [-0.4, -0.2) is 6.15 Å². The van der Waals surface area contributed by atoms with Crippen LogP contribution in [-0.2, 0) is 13.5 Å². The zero-order chi connectivity index (χ0) is 21.0. The largest absolute Gasteiger partial charge is 0.231 e. The van der Waals surface area contributed by atoms with Crippen LogP contribution in [0.3, 0.4) is 0 Å². The lowest BCUT2D eigenvalue weighted by molar-refractivity contribution is 0.628. The van der Waals surface area contributed by atoms with Crippen LogP contribution < -0.4 is 16.4 Å². The first-order valence-corrected chi connectivity index (χ1v) is 9.76. The highest BCUT2D eigenvalue weighted by molar-refractivity contribution is 7.37. The Labute approximate surface area is 187 Å². The van der Waals surface area contributed by atoms with E-state index in [0.29, 0.717) is 0 Å². The van der Waals surface area contributed by atoms with E-state index < -0.39 is 6.15 Å². The lowest BCUT2D eigenvalue weighted by Crippen LogP contribution is -2.66. The molecule has 31 heavy (non-hydrogen) atoms. The number of hydrogen-bond donors (Lipinski definition) is 0. The molecule has 0 radical (unpaired) electrons. The normalized spacial score (nSPS) is 11.3. The zero-order valence-electron chi connectivity index (χ0n) is 16.8. The maximum atomic E-state index is 13.7. The number of halogens is 3. The molecule has 0 unspecified atom stereocenters. The van der Waals surface area contributed by atoms with Crippen molar-refractivity contribution in [3.05, 3.63) is 132 Å². The molecular weight excluding hydrogens is 412 g/mol. The summed E-state index contributed by atoms with van der Waals surface area (Å²) in [6.45, 7) is 0. The van der Waals surface area contributed by atoms with Gasteiger partial charge >= 0.3 is 0 Å². The Morgan fingerprint density at radius 2 is 0.839 bits per heavy atom. The molecule has 0 N–H and O–H groups in total. The minimum absolute atomic E-state index is 0. The summed E-state index contributed by atoms with van der Waals surface area (Å²) < 4.78 is 41.2. The van der Waals surface area contributed by atoms with E-state index in [1.54, 1.807) is 36.4 Å². The molecule has 4 aromatic rings. The first kappa shape index (κ1) is 22.5.